The summed E-state index contributed by atoms with van der Waals surface area (Å²) >= 11 is 0. The lowest BCUT2D eigenvalue weighted by Crippen LogP contribution is -2.32. The standard InChI is InChI=1S/C27H31N5O8/c1-16(2)38-26(33)18-6-5-7-21(12-18)39-24-14-28-25(30-17(24)3)22-13-29-31(4)23(22)15-37-27(34)40-20-10-8-19(9-11-20)32(35)36/h8-11,13-14,16,18,21H,5-7,12,15H2,1-4H3/t18-,21-/m0/s1. The van der Waals surface area contributed by atoms with Gasteiger partial charge in [-0.05, 0) is 58.6 Å². The summed E-state index contributed by atoms with van der Waals surface area (Å²) in [4.78, 5) is 43.8. The SMILES string of the molecule is Cc1nc(-c2cnn(C)c2COC(=O)Oc2ccc([N+](=O)[O-])cc2)ncc1O[C@H]1CCC[C@H](C(=O)OC(C)C)C1. The van der Waals surface area contributed by atoms with Gasteiger partial charge < -0.3 is 18.9 Å². The highest BCUT2D eigenvalue weighted by Gasteiger charge is 2.30. The number of nitro benzene ring substituents is 1. The van der Waals surface area contributed by atoms with Crippen LogP contribution in [0.25, 0.3) is 11.4 Å². The van der Waals surface area contributed by atoms with Crippen LogP contribution in [-0.2, 0) is 27.9 Å². The molecule has 2 heterocycles. The zero-order valence-corrected chi connectivity index (χ0v) is 22.7. The number of nitro groups is 1. The molecular formula is C27H31N5O8. The number of hydrogen-bond donors (Lipinski definition) is 0. The molecule has 1 aliphatic rings. The van der Waals surface area contributed by atoms with Crippen molar-refractivity contribution in [2.24, 2.45) is 13.0 Å². The number of carbonyl (C=O) groups is 2. The molecule has 4 rings (SSSR count). The van der Waals surface area contributed by atoms with Gasteiger partial charge in [0.2, 0.25) is 0 Å². The second-order valence-electron chi connectivity index (χ2n) is 9.75. The highest BCUT2D eigenvalue weighted by molar-refractivity contribution is 5.72. The Morgan fingerprint density at radius 1 is 1.18 bits per heavy atom. The molecule has 0 saturated heterocycles. The molecule has 2 aromatic heterocycles. The van der Waals surface area contributed by atoms with E-state index in [9.17, 15) is 19.7 Å². The molecule has 212 valence electrons. The maximum Gasteiger partial charge on any atom is 0.514 e. The molecule has 1 fully saturated rings. The summed E-state index contributed by atoms with van der Waals surface area (Å²) in [6, 6.07) is 5.06. The van der Waals surface area contributed by atoms with E-state index in [2.05, 4.69) is 15.1 Å². The van der Waals surface area contributed by atoms with E-state index < -0.39 is 11.1 Å². The Morgan fingerprint density at radius 2 is 1.93 bits per heavy atom. The van der Waals surface area contributed by atoms with Crippen LogP contribution in [0.3, 0.4) is 0 Å². The Balaban J connectivity index is 1.38. The minimum Gasteiger partial charge on any atom is -0.487 e. The van der Waals surface area contributed by atoms with Crippen molar-refractivity contribution in [2.75, 3.05) is 0 Å². The molecule has 0 spiro atoms. The number of ether oxygens (including phenoxy) is 4. The van der Waals surface area contributed by atoms with Crippen LogP contribution in [0.4, 0.5) is 10.5 Å². The van der Waals surface area contributed by atoms with Crippen LogP contribution < -0.4 is 9.47 Å². The molecule has 0 aliphatic heterocycles. The number of non-ortho nitro benzene ring substituents is 1. The molecule has 0 amide bonds. The summed E-state index contributed by atoms with van der Waals surface area (Å²) in [6.07, 6.45) is 4.94. The largest absolute Gasteiger partial charge is 0.514 e. The predicted molar refractivity (Wildman–Crippen MR) is 140 cm³/mol. The van der Waals surface area contributed by atoms with E-state index >= 15 is 0 Å². The normalized spacial score (nSPS) is 16.8. The van der Waals surface area contributed by atoms with Crippen molar-refractivity contribution >= 4 is 17.8 Å². The van der Waals surface area contributed by atoms with Gasteiger partial charge in [0.25, 0.3) is 5.69 Å². The van der Waals surface area contributed by atoms with Gasteiger partial charge in [-0.1, -0.05) is 0 Å². The van der Waals surface area contributed by atoms with Gasteiger partial charge in [-0.2, -0.15) is 5.10 Å². The van der Waals surface area contributed by atoms with Crippen molar-refractivity contribution in [3.05, 3.63) is 58.2 Å². The number of aryl methyl sites for hydroxylation is 2. The van der Waals surface area contributed by atoms with Gasteiger partial charge >= 0.3 is 12.1 Å². The van der Waals surface area contributed by atoms with E-state index in [1.54, 1.807) is 19.4 Å². The lowest BCUT2D eigenvalue weighted by atomic mass is 9.87. The van der Waals surface area contributed by atoms with Crippen LogP contribution in [0.2, 0.25) is 0 Å². The molecule has 2 atom stereocenters. The minimum absolute atomic E-state index is 0.108. The van der Waals surface area contributed by atoms with Gasteiger partial charge in [-0.15, -0.1) is 0 Å². The lowest BCUT2D eigenvalue weighted by molar-refractivity contribution is -0.384. The van der Waals surface area contributed by atoms with Crippen LogP contribution in [0.15, 0.2) is 36.7 Å². The molecular weight excluding hydrogens is 522 g/mol. The fourth-order valence-electron chi connectivity index (χ4n) is 4.39. The summed E-state index contributed by atoms with van der Waals surface area (Å²) in [5.74, 6) is 0.639. The number of hydrogen-bond acceptors (Lipinski definition) is 11. The van der Waals surface area contributed by atoms with Crippen molar-refractivity contribution in [3.8, 4) is 22.9 Å². The number of nitrogens with zero attached hydrogens (tertiary/aromatic N) is 5. The number of carbonyl (C=O) groups excluding carboxylic acids is 2. The molecule has 1 aromatic carbocycles. The molecule has 0 N–H and O–H groups in total. The molecule has 1 saturated carbocycles. The smallest absolute Gasteiger partial charge is 0.487 e. The summed E-state index contributed by atoms with van der Waals surface area (Å²) in [5.41, 5.74) is 1.59. The molecule has 3 aromatic rings. The first-order valence-corrected chi connectivity index (χ1v) is 12.9. The Labute approximate surface area is 230 Å². The topological polar surface area (TPSA) is 158 Å². The molecule has 13 nitrogen and oxygen atoms in total. The number of rotatable bonds is 9. The Bertz CT molecular complexity index is 1370. The van der Waals surface area contributed by atoms with Crippen LogP contribution in [-0.4, -0.2) is 49.0 Å². The fourth-order valence-corrected chi connectivity index (χ4v) is 4.39. The maximum atomic E-state index is 12.4. The Morgan fingerprint density at radius 3 is 2.60 bits per heavy atom. The van der Waals surface area contributed by atoms with Crippen molar-refractivity contribution in [1.29, 1.82) is 0 Å². The second-order valence-corrected chi connectivity index (χ2v) is 9.75. The highest BCUT2D eigenvalue weighted by atomic mass is 16.7. The van der Waals surface area contributed by atoms with E-state index in [0.29, 0.717) is 34.9 Å². The summed E-state index contributed by atoms with van der Waals surface area (Å²) in [7, 11) is 1.69. The van der Waals surface area contributed by atoms with Gasteiger partial charge in [0, 0.05) is 19.2 Å². The molecule has 40 heavy (non-hydrogen) atoms. The van der Waals surface area contributed by atoms with E-state index in [1.807, 2.05) is 20.8 Å². The summed E-state index contributed by atoms with van der Waals surface area (Å²) < 4.78 is 23.4. The Hall–Kier alpha value is -4.55. The van der Waals surface area contributed by atoms with E-state index in [4.69, 9.17) is 18.9 Å². The number of esters is 1. The van der Waals surface area contributed by atoms with Gasteiger partial charge in [0.1, 0.15) is 12.4 Å². The first-order valence-electron chi connectivity index (χ1n) is 12.9. The van der Waals surface area contributed by atoms with Gasteiger partial charge in [-0.3, -0.25) is 19.6 Å². The third-order valence-corrected chi connectivity index (χ3v) is 6.42. The molecule has 0 bridgehead atoms. The molecule has 0 radical (unpaired) electrons. The fraction of sp³-hybridized carbons (Fsp3) is 0.444. The molecule has 0 unspecified atom stereocenters. The van der Waals surface area contributed by atoms with Gasteiger partial charge in [-0.25, -0.2) is 14.8 Å². The number of benzene rings is 1. The average Bonchev–Trinajstić information content (AvgIpc) is 3.28. The zero-order valence-electron chi connectivity index (χ0n) is 22.7. The van der Waals surface area contributed by atoms with Crippen LogP contribution in [0.1, 0.15) is 50.9 Å². The maximum absolute atomic E-state index is 12.4. The van der Waals surface area contributed by atoms with Crippen molar-refractivity contribution in [3.63, 3.8) is 0 Å². The minimum atomic E-state index is -0.982. The lowest BCUT2D eigenvalue weighted by Gasteiger charge is -2.29. The van der Waals surface area contributed by atoms with E-state index in [-0.39, 0.29) is 42.1 Å². The van der Waals surface area contributed by atoms with E-state index in [0.717, 1.165) is 19.3 Å². The van der Waals surface area contributed by atoms with Crippen LogP contribution in [0.5, 0.6) is 11.5 Å². The third-order valence-electron chi connectivity index (χ3n) is 6.42. The second kappa shape index (κ2) is 12.5. The highest BCUT2D eigenvalue weighted by Crippen LogP contribution is 2.31. The molecule has 1 aliphatic carbocycles. The predicted octanol–water partition coefficient (Wildman–Crippen LogP) is 4.70. The van der Waals surface area contributed by atoms with Gasteiger partial charge in [0.05, 0.1) is 52.4 Å². The first kappa shape index (κ1) is 28.5. The van der Waals surface area contributed by atoms with Crippen molar-refractivity contribution < 1.29 is 33.5 Å². The van der Waals surface area contributed by atoms with Crippen molar-refractivity contribution in [1.82, 2.24) is 19.7 Å². The third kappa shape index (κ3) is 7.10. The van der Waals surface area contributed by atoms with Gasteiger partial charge in [0.15, 0.2) is 11.6 Å². The van der Waals surface area contributed by atoms with E-state index in [1.165, 1.54) is 28.9 Å². The summed E-state index contributed by atoms with van der Waals surface area (Å²) in [5, 5.41) is 15.0. The van der Waals surface area contributed by atoms with Crippen molar-refractivity contribution in [2.45, 2.75) is 65.3 Å². The molecule has 13 heteroatoms. The van der Waals surface area contributed by atoms with Crippen LogP contribution in [0, 0.1) is 23.0 Å². The zero-order chi connectivity index (χ0) is 28.8. The monoisotopic (exact) mass is 553 g/mol. The average molecular weight is 554 g/mol. The number of aromatic nitrogens is 4. The quantitative estimate of drug-likeness (QED) is 0.156. The first-order chi connectivity index (χ1) is 19.1. The Kier molecular flexibility index (Phi) is 8.92. The summed E-state index contributed by atoms with van der Waals surface area (Å²) in [6.45, 7) is 5.31. The van der Waals surface area contributed by atoms with Crippen LogP contribution >= 0.6 is 0 Å².